The minimum Gasteiger partial charge on any atom is -0.323 e. The van der Waals surface area contributed by atoms with Gasteiger partial charge in [0.1, 0.15) is 0 Å². The van der Waals surface area contributed by atoms with Crippen molar-refractivity contribution in [3.8, 4) is 0 Å². The van der Waals surface area contributed by atoms with Crippen LogP contribution in [0.1, 0.15) is 6.92 Å². The van der Waals surface area contributed by atoms with Crippen LogP contribution in [0.15, 0.2) is 5.10 Å². The Labute approximate surface area is 86.5 Å². The van der Waals surface area contributed by atoms with E-state index in [1.54, 1.807) is 0 Å². The monoisotopic (exact) mass is 212 g/mol. The lowest BCUT2D eigenvalue weighted by Gasteiger charge is -2.32. The highest BCUT2D eigenvalue weighted by atomic mass is 16.2. The quantitative estimate of drug-likeness (QED) is 0.260. The van der Waals surface area contributed by atoms with Crippen molar-refractivity contribution in [3.05, 3.63) is 0 Å². The van der Waals surface area contributed by atoms with Gasteiger partial charge in [0.05, 0.1) is 5.71 Å². The predicted molar refractivity (Wildman–Crippen MR) is 51.7 cm³/mol. The third kappa shape index (κ3) is 1.56. The molecule has 0 aromatic heterocycles. The van der Waals surface area contributed by atoms with Gasteiger partial charge in [-0.3, -0.25) is 19.4 Å². The Morgan fingerprint density at radius 3 is 1.93 bits per heavy atom. The lowest BCUT2D eigenvalue weighted by molar-refractivity contribution is -0.144. The van der Waals surface area contributed by atoms with Crippen LogP contribution in [0.25, 0.3) is 0 Å². The molecule has 4 amide bonds. The van der Waals surface area contributed by atoms with Crippen LogP contribution in [0, 0.1) is 5.92 Å². The van der Waals surface area contributed by atoms with Gasteiger partial charge in [0.25, 0.3) is 0 Å². The third-order valence-electron chi connectivity index (χ3n) is 2.35. The average molecular weight is 212 g/mol. The number of imide groups is 2. The first-order chi connectivity index (χ1) is 6.91. The largest absolute Gasteiger partial charge is 0.332 e. The summed E-state index contributed by atoms with van der Waals surface area (Å²) in [6.07, 6.45) is 0. The number of hydrogen-bond donors (Lipinski definition) is 1. The Morgan fingerprint density at radius 1 is 1.20 bits per heavy atom. The molecule has 0 unspecified atom stereocenters. The molecule has 2 N–H and O–H groups in total. The zero-order chi connectivity index (χ0) is 11.7. The molecule has 0 radical (unpaired) electrons. The third-order valence-corrected chi connectivity index (χ3v) is 2.35. The fourth-order valence-electron chi connectivity index (χ4n) is 1.34. The maximum absolute atomic E-state index is 11.6. The molecule has 7 nitrogen and oxygen atoms in total. The van der Waals surface area contributed by atoms with Crippen LogP contribution in [0.2, 0.25) is 0 Å². The molecular weight excluding hydrogens is 200 g/mol. The molecule has 1 heterocycles. The lowest BCUT2D eigenvalue weighted by atomic mass is 9.99. The summed E-state index contributed by atoms with van der Waals surface area (Å²) in [5.74, 6) is 2.73. The molecule has 7 heteroatoms. The van der Waals surface area contributed by atoms with Crippen LogP contribution >= 0.6 is 0 Å². The number of amides is 4. The number of barbiturate groups is 1. The molecule has 0 saturated carbocycles. The molecule has 0 aromatic carbocycles. The Bertz CT molecular complexity index is 339. The summed E-state index contributed by atoms with van der Waals surface area (Å²) >= 11 is 0. The van der Waals surface area contributed by atoms with Gasteiger partial charge in [0, 0.05) is 14.1 Å². The number of hydrogen-bond acceptors (Lipinski definition) is 5. The second kappa shape index (κ2) is 3.68. The van der Waals surface area contributed by atoms with Crippen molar-refractivity contribution in [2.24, 2.45) is 16.9 Å². The number of urea groups is 1. The number of nitrogens with zero attached hydrogens (tertiary/aromatic N) is 3. The maximum atomic E-state index is 11.6. The van der Waals surface area contributed by atoms with Crippen molar-refractivity contribution in [1.29, 1.82) is 0 Å². The second-order valence-corrected chi connectivity index (χ2v) is 3.28. The van der Waals surface area contributed by atoms with Crippen LogP contribution in [0.3, 0.4) is 0 Å². The molecule has 1 aliphatic heterocycles. The Morgan fingerprint density at radius 2 is 1.60 bits per heavy atom. The molecule has 1 aliphatic rings. The molecule has 0 aliphatic carbocycles. The van der Waals surface area contributed by atoms with Gasteiger partial charge >= 0.3 is 6.03 Å². The topological polar surface area (TPSA) is 96.1 Å². The first-order valence-corrected chi connectivity index (χ1v) is 4.25. The van der Waals surface area contributed by atoms with Gasteiger partial charge in [-0.05, 0) is 6.92 Å². The van der Waals surface area contributed by atoms with E-state index in [0.29, 0.717) is 0 Å². The van der Waals surface area contributed by atoms with E-state index >= 15 is 0 Å². The van der Waals surface area contributed by atoms with Crippen molar-refractivity contribution in [1.82, 2.24) is 9.80 Å². The van der Waals surface area contributed by atoms with Crippen molar-refractivity contribution in [2.45, 2.75) is 6.92 Å². The van der Waals surface area contributed by atoms with Gasteiger partial charge in [0.15, 0.2) is 5.92 Å². The lowest BCUT2D eigenvalue weighted by Crippen LogP contribution is -2.58. The van der Waals surface area contributed by atoms with Gasteiger partial charge in [-0.1, -0.05) is 0 Å². The summed E-state index contributed by atoms with van der Waals surface area (Å²) < 4.78 is 0. The van der Waals surface area contributed by atoms with Gasteiger partial charge in [-0.15, -0.1) is 0 Å². The second-order valence-electron chi connectivity index (χ2n) is 3.28. The molecule has 15 heavy (non-hydrogen) atoms. The highest BCUT2D eigenvalue weighted by Crippen LogP contribution is 2.16. The van der Waals surface area contributed by atoms with E-state index in [2.05, 4.69) is 5.10 Å². The Kier molecular flexibility index (Phi) is 2.74. The summed E-state index contributed by atoms with van der Waals surface area (Å²) in [5.41, 5.74) is 0.191. The van der Waals surface area contributed by atoms with E-state index in [-0.39, 0.29) is 5.71 Å². The van der Waals surface area contributed by atoms with E-state index in [1.165, 1.54) is 21.0 Å². The first-order valence-electron chi connectivity index (χ1n) is 4.25. The van der Waals surface area contributed by atoms with E-state index in [4.69, 9.17) is 5.84 Å². The van der Waals surface area contributed by atoms with E-state index in [9.17, 15) is 14.4 Å². The number of carbonyl (C=O) groups excluding carboxylic acids is 3. The van der Waals surface area contributed by atoms with E-state index in [0.717, 1.165) is 9.80 Å². The standard InChI is InChI=1S/C8H12N4O3/c1-4(10-9)5-6(13)11(2)8(15)12(3)7(5)14/h5H,9H2,1-3H3. The summed E-state index contributed by atoms with van der Waals surface area (Å²) in [6.45, 7) is 1.47. The van der Waals surface area contributed by atoms with Gasteiger partial charge in [-0.2, -0.15) is 5.10 Å². The van der Waals surface area contributed by atoms with Crippen LogP contribution in [0.5, 0.6) is 0 Å². The highest BCUT2D eigenvalue weighted by molar-refractivity contribution is 6.26. The summed E-state index contributed by atoms with van der Waals surface area (Å²) in [4.78, 5) is 36.3. The summed E-state index contributed by atoms with van der Waals surface area (Å²) in [7, 11) is 2.62. The first kappa shape index (κ1) is 11.2. The smallest absolute Gasteiger partial charge is 0.323 e. The summed E-state index contributed by atoms with van der Waals surface area (Å²) in [6, 6.07) is -0.647. The fourth-order valence-corrected chi connectivity index (χ4v) is 1.34. The zero-order valence-corrected chi connectivity index (χ0v) is 8.72. The van der Waals surface area contributed by atoms with Gasteiger partial charge in [0.2, 0.25) is 11.8 Å². The van der Waals surface area contributed by atoms with Crippen LogP contribution < -0.4 is 5.84 Å². The molecule has 0 spiro atoms. The number of hydrazone groups is 1. The molecular formula is C8H12N4O3. The van der Waals surface area contributed by atoms with Crippen molar-refractivity contribution >= 4 is 23.6 Å². The van der Waals surface area contributed by atoms with Crippen molar-refractivity contribution < 1.29 is 14.4 Å². The van der Waals surface area contributed by atoms with Crippen LogP contribution in [0.4, 0.5) is 4.79 Å². The Hall–Kier alpha value is -1.92. The molecule has 0 aromatic rings. The van der Waals surface area contributed by atoms with Gasteiger partial charge in [-0.25, -0.2) is 4.79 Å². The van der Waals surface area contributed by atoms with Crippen LogP contribution in [-0.4, -0.2) is 47.5 Å². The average Bonchev–Trinajstić information content (AvgIpc) is 2.23. The number of nitrogens with two attached hydrogens (primary N) is 1. The number of carbonyl (C=O) groups is 3. The zero-order valence-electron chi connectivity index (χ0n) is 8.72. The molecule has 1 fully saturated rings. The SMILES string of the molecule is CC(=NN)C1C(=O)N(C)C(=O)N(C)C1=O. The van der Waals surface area contributed by atoms with E-state index in [1.807, 2.05) is 0 Å². The van der Waals surface area contributed by atoms with Gasteiger partial charge < -0.3 is 5.84 Å². The maximum Gasteiger partial charge on any atom is 0.332 e. The highest BCUT2D eigenvalue weighted by Gasteiger charge is 2.43. The number of rotatable bonds is 1. The molecule has 1 saturated heterocycles. The molecule has 1 rings (SSSR count). The van der Waals surface area contributed by atoms with Crippen molar-refractivity contribution in [3.63, 3.8) is 0 Å². The fraction of sp³-hybridized carbons (Fsp3) is 0.500. The van der Waals surface area contributed by atoms with E-state index < -0.39 is 23.8 Å². The minimum absolute atomic E-state index is 0.191. The minimum atomic E-state index is -1.08. The molecule has 82 valence electrons. The summed E-state index contributed by atoms with van der Waals surface area (Å²) in [5, 5.41) is 3.32. The Balaban J connectivity index is 3.13. The molecule has 0 bridgehead atoms. The van der Waals surface area contributed by atoms with Crippen LogP contribution in [-0.2, 0) is 9.59 Å². The molecule has 0 atom stereocenters. The predicted octanol–water partition coefficient (Wildman–Crippen LogP) is -1.01. The normalized spacial score (nSPS) is 20.2. The van der Waals surface area contributed by atoms with Crippen molar-refractivity contribution in [2.75, 3.05) is 14.1 Å².